The van der Waals surface area contributed by atoms with Gasteiger partial charge in [-0.05, 0) is 33.2 Å². The van der Waals surface area contributed by atoms with Gasteiger partial charge in [-0.3, -0.25) is 9.80 Å². The molecule has 3 heteroatoms. The molecule has 0 saturated carbocycles. The van der Waals surface area contributed by atoms with Crippen LogP contribution in [0, 0.1) is 11.8 Å². The van der Waals surface area contributed by atoms with E-state index in [1.54, 1.807) is 0 Å². The van der Waals surface area contributed by atoms with Crippen molar-refractivity contribution in [1.29, 1.82) is 0 Å². The first-order valence-electron chi connectivity index (χ1n) is 6.94. The van der Waals surface area contributed by atoms with Crippen molar-refractivity contribution in [2.45, 2.75) is 38.8 Å². The molecular weight excluding hydrogens is 210 g/mol. The molecule has 17 heavy (non-hydrogen) atoms. The smallest absolute Gasteiger partial charge is 0.0717 e. The van der Waals surface area contributed by atoms with Crippen molar-refractivity contribution in [3.8, 4) is 11.8 Å². The summed E-state index contributed by atoms with van der Waals surface area (Å²) in [7, 11) is 0. The molecule has 2 saturated heterocycles. The first kappa shape index (κ1) is 12.9. The highest BCUT2D eigenvalue weighted by Gasteiger charge is 2.24. The fourth-order valence-electron chi connectivity index (χ4n) is 2.71. The molecule has 0 aliphatic carbocycles. The molecule has 2 aliphatic rings. The number of hydrogen-bond donors (Lipinski definition) is 1. The van der Waals surface area contributed by atoms with E-state index in [1.807, 2.05) is 0 Å². The third-order valence-electron chi connectivity index (χ3n) is 3.74. The maximum Gasteiger partial charge on any atom is 0.0717 e. The molecule has 2 aliphatic heterocycles. The minimum atomic E-state index is 0.512. The van der Waals surface area contributed by atoms with Crippen LogP contribution in [-0.2, 0) is 0 Å². The van der Waals surface area contributed by atoms with Crippen molar-refractivity contribution in [3.63, 3.8) is 0 Å². The van der Waals surface area contributed by atoms with Gasteiger partial charge in [-0.15, -0.1) is 0 Å². The lowest BCUT2D eigenvalue weighted by Gasteiger charge is -2.26. The second kappa shape index (κ2) is 6.39. The van der Waals surface area contributed by atoms with Gasteiger partial charge in [-0.25, -0.2) is 0 Å². The molecule has 0 aromatic rings. The van der Waals surface area contributed by atoms with Crippen LogP contribution in [0.1, 0.15) is 26.7 Å². The zero-order valence-electron chi connectivity index (χ0n) is 11.2. The molecule has 0 amide bonds. The Bertz CT molecular complexity index is 284. The van der Waals surface area contributed by atoms with Gasteiger partial charge in [0.05, 0.1) is 12.6 Å². The van der Waals surface area contributed by atoms with E-state index < -0.39 is 0 Å². The quantitative estimate of drug-likeness (QED) is 0.713. The Labute approximate surface area is 106 Å². The average molecular weight is 235 g/mol. The molecule has 2 rings (SSSR count). The van der Waals surface area contributed by atoms with E-state index in [2.05, 4.69) is 40.8 Å². The standard InChI is InChI=1S/C14H25N3/c1-13(2)17-10-4-6-14(17)5-3-9-16-11-7-15-8-12-16/h13-15H,4,6-12H2,1-2H3. The van der Waals surface area contributed by atoms with Crippen LogP contribution in [0.15, 0.2) is 0 Å². The van der Waals surface area contributed by atoms with Gasteiger partial charge >= 0.3 is 0 Å². The van der Waals surface area contributed by atoms with Gasteiger partial charge in [0.25, 0.3) is 0 Å². The summed E-state index contributed by atoms with van der Waals surface area (Å²) in [4.78, 5) is 4.98. The summed E-state index contributed by atoms with van der Waals surface area (Å²) in [6.07, 6.45) is 2.57. The molecule has 0 spiro atoms. The van der Waals surface area contributed by atoms with Crippen LogP contribution < -0.4 is 5.32 Å². The van der Waals surface area contributed by atoms with Crippen LogP contribution in [0.25, 0.3) is 0 Å². The van der Waals surface area contributed by atoms with Crippen LogP contribution in [0.5, 0.6) is 0 Å². The van der Waals surface area contributed by atoms with Crippen molar-refractivity contribution in [3.05, 3.63) is 0 Å². The summed E-state index contributed by atoms with van der Waals surface area (Å²) in [5.74, 6) is 6.86. The molecule has 96 valence electrons. The van der Waals surface area contributed by atoms with Gasteiger partial charge < -0.3 is 5.32 Å². The number of piperazine rings is 1. The van der Waals surface area contributed by atoms with E-state index in [1.165, 1.54) is 19.4 Å². The molecule has 1 atom stereocenters. The molecule has 1 unspecified atom stereocenters. The zero-order valence-corrected chi connectivity index (χ0v) is 11.2. The van der Waals surface area contributed by atoms with E-state index >= 15 is 0 Å². The topological polar surface area (TPSA) is 18.5 Å². The minimum absolute atomic E-state index is 0.512. The summed E-state index contributed by atoms with van der Waals surface area (Å²) < 4.78 is 0. The second-order valence-electron chi connectivity index (χ2n) is 5.34. The fourth-order valence-corrected chi connectivity index (χ4v) is 2.71. The average Bonchev–Trinajstić information content (AvgIpc) is 2.79. The molecule has 2 fully saturated rings. The number of hydrogen-bond acceptors (Lipinski definition) is 3. The van der Waals surface area contributed by atoms with Crippen molar-refractivity contribution in [2.75, 3.05) is 39.3 Å². The number of nitrogens with one attached hydrogen (secondary N) is 1. The Kier molecular flexibility index (Phi) is 4.85. The van der Waals surface area contributed by atoms with Crippen molar-refractivity contribution >= 4 is 0 Å². The highest BCUT2D eigenvalue weighted by atomic mass is 15.2. The molecule has 0 radical (unpaired) electrons. The molecular formula is C14H25N3. The first-order chi connectivity index (χ1) is 8.27. The highest BCUT2D eigenvalue weighted by Crippen LogP contribution is 2.18. The van der Waals surface area contributed by atoms with Crippen LogP contribution in [0.2, 0.25) is 0 Å². The first-order valence-corrected chi connectivity index (χ1v) is 6.94. The van der Waals surface area contributed by atoms with Crippen LogP contribution in [0.4, 0.5) is 0 Å². The van der Waals surface area contributed by atoms with E-state index in [-0.39, 0.29) is 0 Å². The third-order valence-corrected chi connectivity index (χ3v) is 3.74. The highest BCUT2D eigenvalue weighted by molar-refractivity contribution is 5.12. The fraction of sp³-hybridized carbons (Fsp3) is 0.857. The van der Waals surface area contributed by atoms with Crippen LogP contribution in [-0.4, -0.2) is 61.2 Å². The van der Waals surface area contributed by atoms with E-state index in [0.29, 0.717) is 12.1 Å². The molecule has 1 N–H and O–H groups in total. The Hall–Kier alpha value is -0.560. The maximum absolute atomic E-state index is 3.47. The summed E-state index contributed by atoms with van der Waals surface area (Å²) in [5, 5.41) is 3.37. The molecule has 3 nitrogen and oxygen atoms in total. The summed E-state index contributed by atoms with van der Waals surface area (Å²) in [5.41, 5.74) is 0. The van der Waals surface area contributed by atoms with E-state index in [9.17, 15) is 0 Å². The lowest BCUT2D eigenvalue weighted by atomic mass is 10.2. The van der Waals surface area contributed by atoms with Gasteiger partial charge in [0.2, 0.25) is 0 Å². The molecule has 0 bridgehead atoms. The lowest BCUT2D eigenvalue weighted by molar-refractivity contribution is 0.239. The predicted molar refractivity (Wildman–Crippen MR) is 71.9 cm³/mol. The monoisotopic (exact) mass is 235 g/mol. The Morgan fingerprint density at radius 1 is 1.24 bits per heavy atom. The van der Waals surface area contributed by atoms with Crippen molar-refractivity contribution < 1.29 is 0 Å². The predicted octanol–water partition coefficient (Wildman–Crippen LogP) is 0.768. The Morgan fingerprint density at radius 3 is 2.71 bits per heavy atom. The van der Waals surface area contributed by atoms with Crippen molar-refractivity contribution in [2.24, 2.45) is 0 Å². The number of rotatable bonds is 2. The van der Waals surface area contributed by atoms with E-state index in [0.717, 1.165) is 32.7 Å². The second-order valence-corrected chi connectivity index (χ2v) is 5.34. The summed E-state index contributed by atoms with van der Waals surface area (Å²) >= 11 is 0. The summed E-state index contributed by atoms with van der Waals surface area (Å²) in [6.45, 7) is 11.2. The molecule has 0 aromatic heterocycles. The van der Waals surface area contributed by atoms with Gasteiger partial charge in [0.1, 0.15) is 0 Å². The Morgan fingerprint density at radius 2 is 2.00 bits per heavy atom. The lowest BCUT2D eigenvalue weighted by Crippen LogP contribution is -2.43. The summed E-state index contributed by atoms with van der Waals surface area (Å²) in [6, 6.07) is 1.15. The van der Waals surface area contributed by atoms with Gasteiger partial charge in [-0.2, -0.15) is 0 Å². The van der Waals surface area contributed by atoms with Gasteiger partial charge in [0.15, 0.2) is 0 Å². The molecule has 2 heterocycles. The van der Waals surface area contributed by atoms with E-state index in [4.69, 9.17) is 0 Å². The number of likely N-dealkylation sites (tertiary alicyclic amines) is 1. The van der Waals surface area contributed by atoms with Gasteiger partial charge in [0, 0.05) is 32.2 Å². The Balaban J connectivity index is 1.79. The molecule has 0 aromatic carbocycles. The van der Waals surface area contributed by atoms with Crippen molar-refractivity contribution in [1.82, 2.24) is 15.1 Å². The zero-order chi connectivity index (χ0) is 12.1. The maximum atomic E-state index is 3.47. The normalized spacial score (nSPS) is 27.1. The largest absolute Gasteiger partial charge is 0.314 e. The third kappa shape index (κ3) is 3.70. The van der Waals surface area contributed by atoms with Gasteiger partial charge in [-0.1, -0.05) is 11.8 Å². The SMILES string of the molecule is CC(C)N1CCCC1C#CCN1CCNCC1. The minimum Gasteiger partial charge on any atom is -0.314 e. The number of nitrogens with zero attached hydrogens (tertiary/aromatic N) is 2. The van der Waals surface area contributed by atoms with Crippen LogP contribution in [0.3, 0.4) is 0 Å². The van der Waals surface area contributed by atoms with Crippen LogP contribution >= 0.6 is 0 Å².